The summed E-state index contributed by atoms with van der Waals surface area (Å²) in [6.45, 7) is 2.59. The number of hydrogen-bond donors (Lipinski definition) is 2. The molecule has 1 unspecified atom stereocenters. The quantitative estimate of drug-likeness (QED) is 0.509. The number of nitrogens with zero attached hydrogens (tertiary/aromatic N) is 5. The lowest BCUT2D eigenvalue weighted by Crippen LogP contribution is -2.38. The Morgan fingerprint density at radius 3 is 2.67 bits per heavy atom. The average molecular weight is 506 g/mol. The second kappa shape index (κ2) is 10.1. The molecule has 1 aliphatic carbocycles. The fourth-order valence-electron chi connectivity index (χ4n) is 4.86. The second-order valence-electron chi connectivity index (χ2n) is 9.31. The number of pyridine rings is 1. The van der Waals surface area contributed by atoms with Gasteiger partial charge in [-0.15, -0.1) is 0 Å². The molecule has 1 atom stereocenters. The predicted octanol–water partition coefficient (Wildman–Crippen LogP) is 4.88. The van der Waals surface area contributed by atoms with Gasteiger partial charge in [0, 0.05) is 31.5 Å². The maximum Gasteiger partial charge on any atom is 0.257 e. The van der Waals surface area contributed by atoms with Crippen molar-refractivity contribution >= 4 is 52.2 Å². The van der Waals surface area contributed by atoms with Gasteiger partial charge in [-0.2, -0.15) is 4.98 Å². The molecular weight excluding hydrogens is 478 g/mol. The van der Waals surface area contributed by atoms with E-state index >= 15 is 0 Å². The van der Waals surface area contributed by atoms with Crippen molar-refractivity contribution in [3.05, 3.63) is 59.5 Å². The van der Waals surface area contributed by atoms with Crippen LogP contribution in [0.15, 0.2) is 48.9 Å². The zero-order chi connectivity index (χ0) is 25.2. The lowest BCUT2D eigenvalue weighted by Gasteiger charge is -2.31. The first kappa shape index (κ1) is 24.0. The molecule has 3 heterocycles. The van der Waals surface area contributed by atoms with Crippen molar-refractivity contribution in [2.75, 3.05) is 34.0 Å². The first-order valence-electron chi connectivity index (χ1n) is 12.1. The first-order valence-corrected chi connectivity index (χ1v) is 12.5. The SMILES string of the molecule is CC1CN(C2CCCC2)c2nc(Nc3ccc(C(=O)Nc4cccnc4)c(Cl)c3)ncc2N(C)C1=O. The molecule has 0 radical (unpaired) electrons. The molecule has 9 nitrogen and oxygen atoms in total. The molecule has 0 bridgehead atoms. The van der Waals surface area contributed by atoms with E-state index in [0.29, 0.717) is 46.2 Å². The van der Waals surface area contributed by atoms with E-state index in [-0.39, 0.29) is 17.7 Å². The maximum atomic E-state index is 12.9. The van der Waals surface area contributed by atoms with Crippen LogP contribution in [0.3, 0.4) is 0 Å². The number of fused-ring (bicyclic) bond motifs is 1. The monoisotopic (exact) mass is 505 g/mol. The van der Waals surface area contributed by atoms with E-state index in [9.17, 15) is 9.59 Å². The van der Waals surface area contributed by atoms with Gasteiger partial charge in [0.1, 0.15) is 5.69 Å². The van der Waals surface area contributed by atoms with Gasteiger partial charge in [-0.05, 0) is 43.2 Å². The molecular formula is C26H28ClN7O2. The zero-order valence-electron chi connectivity index (χ0n) is 20.2. The highest BCUT2D eigenvalue weighted by atomic mass is 35.5. The number of aromatic nitrogens is 3. The van der Waals surface area contributed by atoms with Crippen molar-refractivity contribution in [2.24, 2.45) is 5.92 Å². The van der Waals surface area contributed by atoms with Crippen molar-refractivity contribution in [3.8, 4) is 0 Å². The highest BCUT2D eigenvalue weighted by molar-refractivity contribution is 6.34. The average Bonchev–Trinajstić information content (AvgIpc) is 3.39. The number of halogens is 1. The van der Waals surface area contributed by atoms with Crippen LogP contribution in [0.5, 0.6) is 0 Å². The maximum absolute atomic E-state index is 12.9. The Hall–Kier alpha value is -3.72. The molecule has 5 rings (SSSR count). The van der Waals surface area contributed by atoms with Gasteiger partial charge in [0.05, 0.1) is 34.6 Å². The Kier molecular flexibility index (Phi) is 6.73. The summed E-state index contributed by atoms with van der Waals surface area (Å²) in [5, 5.41) is 6.28. The van der Waals surface area contributed by atoms with E-state index < -0.39 is 0 Å². The summed E-state index contributed by atoms with van der Waals surface area (Å²) in [4.78, 5) is 42.7. The Morgan fingerprint density at radius 1 is 1.14 bits per heavy atom. The van der Waals surface area contributed by atoms with E-state index in [2.05, 4.69) is 25.5 Å². The van der Waals surface area contributed by atoms with Gasteiger partial charge in [-0.1, -0.05) is 31.4 Å². The fourth-order valence-corrected chi connectivity index (χ4v) is 5.13. The van der Waals surface area contributed by atoms with Crippen LogP contribution in [0.4, 0.5) is 28.8 Å². The van der Waals surface area contributed by atoms with E-state index in [1.165, 1.54) is 12.8 Å². The van der Waals surface area contributed by atoms with Gasteiger partial charge < -0.3 is 20.4 Å². The number of benzene rings is 1. The van der Waals surface area contributed by atoms with Crippen LogP contribution in [-0.2, 0) is 4.79 Å². The smallest absolute Gasteiger partial charge is 0.257 e. The summed E-state index contributed by atoms with van der Waals surface area (Å²) in [7, 11) is 1.78. The van der Waals surface area contributed by atoms with Crippen LogP contribution >= 0.6 is 11.6 Å². The van der Waals surface area contributed by atoms with Gasteiger partial charge in [-0.3, -0.25) is 14.6 Å². The van der Waals surface area contributed by atoms with Gasteiger partial charge >= 0.3 is 0 Å². The summed E-state index contributed by atoms with van der Waals surface area (Å²) in [6, 6.07) is 8.93. The van der Waals surface area contributed by atoms with Crippen LogP contribution in [0.2, 0.25) is 5.02 Å². The summed E-state index contributed by atoms with van der Waals surface area (Å²) < 4.78 is 0. The van der Waals surface area contributed by atoms with Crippen LogP contribution in [0, 0.1) is 5.92 Å². The van der Waals surface area contributed by atoms with Crippen molar-refractivity contribution in [2.45, 2.75) is 38.6 Å². The Bertz CT molecular complexity index is 1280. The molecule has 1 fully saturated rings. The lowest BCUT2D eigenvalue weighted by atomic mass is 10.1. The molecule has 0 spiro atoms. The van der Waals surface area contributed by atoms with Gasteiger partial charge in [0.15, 0.2) is 5.82 Å². The van der Waals surface area contributed by atoms with Crippen LogP contribution in [-0.4, -0.2) is 46.4 Å². The molecule has 1 aromatic carbocycles. The van der Waals surface area contributed by atoms with E-state index in [4.69, 9.17) is 16.6 Å². The van der Waals surface area contributed by atoms with Gasteiger partial charge in [-0.25, -0.2) is 4.98 Å². The first-order chi connectivity index (χ1) is 17.4. The number of rotatable bonds is 5. The van der Waals surface area contributed by atoms with Crippen LogP contribution < -0.4 is 20.4 Å². The topological polar surface area (TPSA) is 103 Å². The second-order valence-corrected chi connectivity index (χ2v) is 9.71. The lowest BCUT2D eigenvalue weighted by molar-refractivity contribution is -0.121. The number of anilines is 5. The molecule has 3 aromatic rings. The molecule has 1 aliphatic heterocycles. The molecule has 0 saturated heterocycles. The molecule has 1 saturated carbocycles. The van der Waals surface area contributed by atoms with Crippen LogP contribution in [0.25, 0.3) is 0 Å². The third kappa shape index (κ3) is 4.83. The van der Waals surface area contributed by atoms with Crippen LogP contribution in [0.1, 0.15) is 43.0 Å². The third-order valence-electron chi connectivity index (χ3n) is 6.76. The Morgan fingerprint density at radius 2 is 1.94 bits per heavy atom. The molecule has 36 heavy (non-hydrogen) atoms. The van der Waals surface area contributed by atoms with E-state index in [0.717, 1.165) is 18.7 Å². The van der Waals surface area contributed by atoms with E-state index in [1.807, 2.05) is 6.92 Å². The molecule has 2 aromatic heterocycles. The highest BCUT2D eigenvalue weighted by Crippen LogP contribution is 2.37. The Labute approximate surface area is 214 Å². The minimum absolute atomic E-state index is 0.0630. The van der Waals surface area contributed by atoms with E-state index in [1.54, 1.807) is 60.9 Å². The summed E-state index contributed by atoms with van der Waals surface area (Å²) in [6.07, 6.45) is 9.45. The number of amides is 2. The largest absolute Gasteiger partial charge is 0.351 e. The zero-order valence-corrected chi connectivity index (χ0v) is 21.0. The minimum atomic E-state index is -0.324. The standard InChI is InChI=1S/C26H28ClN7O2/c1-16-15-34(19-7-3-4-8-19)23-22(33(2)25(16)36)14-29-26(32-23)31-17-9-10-20(21(27)12-17)24(35)30-18-6-5-11-28-13-18/h5-6,9-14,16,19H,3-4,7-8,15H2,1-2H3,(H,30,35)(H,29,31,32). The van der Waals surface area contributed by atoms with Gasteiger partial charge in [0.2, 0.25) is 11.9 Å². The number of nitrogens with one attached hydrogen (secondary N) is 2. The third-order valence-corrected chi connectivity index (χ3v) is 7.07. The highest BCUT2D eigenvalue weighted by Gasteiger charge is 2.35. The number of hydrogen-bond acceptors (Lipinski definition) is 7. The normalized spacial score (nSPS) is 18.1. The predicted molar refractivity (Wildman–Crippen MR) is 141 cm³/mol. The summed E-state index contributed by atoms with van der Waals surface area (Å²) >= 11 is 6.44. The molecule has 186 valence electrons. The van der Waals surface area contributed by atoms with Crippen molar-refractivity contribution in [3.63, 3.8) is 0 Å². The molecule has 2 amide bonds. The fraction of sp³-hybridized carbons (Fsp3) is 0.346. The number of carbonyl (C=O) groups is 2. The van der Waals surface area contributed by atoms with Crippen molar-refractivity contribution in [1.82, 2.24) is 15.0 Å². The molecule has 2 aliphatic rings. The molecule has 10 heteroatoms. The number of carbonyl (C=O) groups excluding carboxylic acids is 2. The van der Waals surface area contributed by atoms with Crippen molar-refractivity contribution < 1.29 is 9.59 Å². The van der Waals surface area contributed by atoms with Crippen molar-refractivity contribution in [1.29, 1.82) is 0 Å². The summed E-state index contributed by atoms with van der Waals surface area (Å²) in [5.41, 5.74) is 2.29. The van der Waals surface area contributed by atoms with Gasteiger partial charge in [0.25, 0.3) is 5.91 Å². The summed E-state index contributed by atoms with van der Waals surface area (Å²) in [5.74, 6) is 0.766. The molecule has 2 N–H and O–H groups in total. The Balaban J connectivity index is 1.39. The minimum Gasteiger partial charge on any atom is -0.351 e.